The SMILES string of the molecule is CCC1CCCC[NH+]1Cc1c(C)[nH]c2c(C)ccc(C)c2c1=O. The van der Waals surface area contributed by atoms with Crippen molar-refractivity contribution in [3.05, 3.63) is 44.7 Å². The Labute approximate surface area is 138 Å². The Balaban J connectivity index is 2.08. The topological polar surface area (TPSA) is 37.3 Å². The molecule has 2 heterocycles. The summed E-state index contributed by atoms with van der Waals surface area (Å²) in [4.78, 5) is 18.3. The standard InChI is InChI=1S/C20H28N2O/c1-5-16-8-6-7-11-22(16)12-17-15(4)21-19-14(3)10-9-13(2)18(19)20(17)23/h9-10,16H,5-8,11-12H2,1-4H3,(H,21,23)/p+1. The van der Waals surface area contributed by atoms with Crippen LogP contribution in [0.2, 0.25) is 0 Å². The molecule has 2 atom stereocenters. The van der Waals surface area contributed by atoms with Crippen LogP contribution in [0.3, 0.4) is 0 Å². The van der Waals surface area contributed by atoms with Gasteiger partial charge in [-0.3, -0.25) is 4.79 Å². The molecule has 0 radical (unpaired) electrons. The summed E-state index contributed by atoms with van der Waals surface area (Å²) in [6.45, 7) is 10.5. The summed E-state index contributed by atoms with van der Waals surface area (Å²) < 4.78 is 0. The minimum atomic E-state index is 0.241. The van der Waals surface area contributed by atoms with Gasteiger partial charge in [0.25, 0.3) is 0 Å². The first-order valence-electron chi connectivity index (χ1n) is 8.99. The second-order valence-corrected chi connectivity index (χ2v) is 7.19. The number of benzene rings is 1. The molecular formula is C20H29N2O+. The van der Waals surface area contributed by atoms with Crippen LogP contribution in [0, 0.1) is 20.8 Å². The number of rotatable bonds is 3. The predicted molar refractivity (Wildman–Crippen MR) is 96.2 cm³/mol. The maximum atomic E-state index is 13.2. The number of likely N-dealkylation sites (tertiary alicyclic amines) is 1. The van der Waals surface area contributed by atoms with Crippen LogP contribution in [0.1, 0.15) is 55.0 Å². The molecule has 1 saturated heterocycles. The van der Waals surface area contributed by atoms with E-state index >= 15 is 0 Å². The van der Waals surface area contributed by atoms with E-state index in [1.807, 2.05) is 6.92 Å². The van der Waals surface area contributed by atoms with E-state index in [1.54, 1.807) is 4.90 Å². The maximum Gasteiger partial charge on any atom is 0.198 e. The van der Waals surface area contributed by atoms with Gasteiger partial charge in [-0.1, -0.05) is 19.1 Å². The second kappa shape index (κ2) is 6.48. The number of aryl methyl sites for hydroxylation is 3. The molecule has 1 aliphatic rings. The van der Waals surface area contributed by atoms with Crippen LogP contribution in [0.5, 0.6) is 0 Å². The third kappa shape index (κ3) is 2.94. The Morgan fingerprint density at radius 2 is 1.91 bits per heavy atom. The Bertz CT molecular complexity index is 775. The van der Waals surface area contributed by atoms with Crippen molar-refractivity contribution in [1.82, 2.24) is 4.98 Å². The van der Waals surface area contributed by atoms with Crippen LogP contribution in [0.4, 0.5) is 0 Å². The summed E-state index contributed by atoms with van der Waals surface area (Å²) in [5, 5.41) is 0.884. The summed E-state index contributed by atoms with van der Waals surface area (Å²) >= 11 is 0. The van der Waals surface area contributed by atoms with Gasteiger partial charge < -0.3 is 9.88 Å². The van der Waals surface area contributed by atoms with Crippen LogP contribution in [-0.4, -0.2) is 17.6 Å². The first kappa shape index (κ1) is 16.3. The second-order valence-electron chi connectivity index (χ2n) is 7.19. The third-order valence-electron chi connectivity index (χ3n) is 5.66. The van der Waals surface area contributed by atoms with Gasteiger partial charge in [0.2, 0.25) is 0 Å². The van der Waals surface area contributed by atoms with Gasteiger partial charge in [0.1, 0.15) is 6.54 Å². The molecule has 1 aromatic heterocycles. The monoisotopic (exact) mass is 313 g/mol. The van der Waals surface area contributed by atoms with E-state index in [4.69, 9.17) is 0 Å². The van der Waals surface area contributed by atoms with Crippen molar-refractivity contribution >= 4 is 10.9 Å². The summed E-state index contributed by atoms with van der Waals surface area (Å²) in [5.41, 5.74) is 5.51. The number of H-pyrrole nitrogens is 1. The number of quaternary nitrogens is 1. The lowest BCUT2D eigenvalue weighted by molar-refractivity contribution is -0.944. The quantitative estimate of drug-likeness (QED) is 0.898. The van der Waals surface area contributed by atoms with Crippen molar-refractivity contribution in [1.29, 1.82) is 0 Å². The highest BCUT2D eigenvalue weighted by molar-refractivity contribution is 5.85. The average Bonchev–Trinajstić information content (AvgIpc) is 2.55. The van der Waals surface area contributed by atoms with Gasteiger partial charge in [-0.05, 0) is 57.6 Å². The first-order chi connectivity index (χ1) is 11.0. The highest BCUT2D eigenvalue weighted by Crippen LogP contribution is 2.19. The molecule has 3 nitrogen and oxygen atoms in total. The molecule has 2 N–H and O–H groups in total. The summed E-state index contributed by atoms with van der Waals surface area (Å²) in [5.74, 6) is 0. The van der Waals surface area contributed by atoms with Gasteiger partial charge in [0.15, 0.2) is 5.43 Å². The average molecular weight is 313 g/mol. The lowest BCUT2D eigenvalue weighted by Gasteiger charge is -2.32. The smallest absolute Gasteiger partial charge is 0.198 e. The number of hydrogen-bond acceptors (Lipinski definition) is 1. The number of piperidine rings is 1. The highest BCUT2D eigenvalue weighted by Gasteiger charge is 2.26. The van der Waals surface area contributed by atoms with E-state index in [9.17, 15) is 4.79 Å². The van der Waals surface area contributed by atoms with E-state index in [-0.39, 0.29) is 5.43 Å². The maximum absolute atomic E-state index is 13.2. The van der Waals surface area contributed by atoms with Gasteiger partial charge in [0, 0.05) is 11.1 Å². The molecule has 0 bridgehead atoms. The van der Waals surface area contributed by atoms with E-state index < -0.39 is 0 Å². The van der Waals surface area contributed by atoms with Crippen LogP contribution in [-0.2, 0) is 6.54 Å². The molecule has 124 valence electrons. The van der Waals surface area contributed by atoms with Crippen LogP contribution in [0.25, 0.3) is 10.9 Å². The molecule has 1 aromatic carbocycles. The van der Waals surface area contributed by atoms with Gasteiger partial charge in [0.05, 0.1) is 23.7 Å². The van der Waals surface area contributed by atoms with Crippen molar-refractivity contribution in [3.8, 4) is 0 Å². The summed E-state index contributed by atoms with van der Waals surface area (Å²) in [6, 6.07) is 4.86. The zero-order valence-electron chi connectivity index (χ0n) is 14.9. The molecular weight excluding hydrogens is 284 g/mol. The third-order valence-corrected chi connectivity index (χ3v) is 5.66. The van der Waals surface area contributed by atoms with Crippen molar-refractivity contribution in [2.24, 2.45) is 0 Å². The fraction of sp³-hybridized carbons (Fsp3) is 0.550. The number of aromatic nitrogens is 1. The molecule has 1 fully saturated rings. The molecule has 1 aliphatic heterocycles. The van der Waals surface area contributed by atoms with Crippen molar-refractivity contribution in [3.63, 3.8) is 0 Å². The molecule has 0 amide bonds. The van der Waals surface area contributed by atoms with Crippen molar-refractivity contribution < 1.29 is 4.90 Å². The van der Waals surface area contributed by atoms with Gasteiger partial charge in [-0.25, -0.2) is 0 Å². The number of aromatic amines is 1. The molecule has 23 heavy (non-hydrogen) atoms. The predicted octanol–water partition coefficient (Wildman–Crippen LogP) is 2.80. The fourth-order valence-corrected chi connectivity index (χ4v) is 4.17. The van der Waals surface area contributed by atoms with Crippen LogP contribution < -0.4 is 10.3 Å². The molecule has 0 saturated carbocycles. The molecule has 2 aromatic rings. The minimum Gasteiger partial charge on any atom is -0.358 e. The van der Waals surface area contributed by atoms with Crippen molar-refractivity contribution in [2.75, 3.05) is 6.54 Å². The zero-order chi connectivity index (χ0) is 16.6. The molecule has 3 rings (SSSR count). The van der Waals surface area contributed by atoms with Gasteiger partial charge in [-0.15, -0.1) is 0 Å². The summed E-state index contributed by atoms with van der Waals surface area (Å²) in [7, 11) is 0. The molecule has 2 unspecified atom stereocenters. The van der Waals surface area contributed by atoms with E-state index in [0.717, 1.165) is 39.8 Å². The lowest BCUT2D eigenvalue weighted by Crippen LogP contribution is -3.15. The minimum absolute atomic E-state index is 0.241. The summed E-state index contributed by atoms with van der Waals surface area (Å²) in [6.07, 6.45) is 5.13. The first-order valence-corrected chi connectivity index (χ1v) is 8.99. The number of hydrogen-bond donors (Lipinski definition) is 2. The van der Waals surface area contributed by atoms with Gasteiger partial charge >= 0.3 is 0 Å². The van der Waals surface area contributed by atoms with Crippen LogP contribution in [0.15, 0.2) is 16.9 Å². The Hall–Kier alpha value is -1.61. The Morgan fingerprint density at radius 1 is 1.17 bits per heavy atom. The normalized spacial score (nSPS) is 21.7. The van der Waals surface area contributed by atoms with Crippen molar-refractivity contribution in [2.45, 2.75) is 66.0 Å². The Kier molecular flexibility index (Phi) is 4.58. The largest absolute Gasteiger partial charge is 0.358 e. The highest BCUT2D eigenvalue weighted by atomic mass is 16.1. The molecule has 0 spiro atoms. The van der Waals surface area contributed by atoms with E-state index in [1.165, 1.54) is 32.2 Å². The number of nitrogens with one attached hydrogen (secondary N) is 2. The molecule has 0 aliphatic carbocycles. The van der Waals surface area contributed by atoms with Crippen LogP contribution >= 0.6 is 0 Å². The number of fused-ring (bicyclic) bond motifs is 1. The molecule has 3 heteroatoms. The fourth-order valence-electron chi connectivity index (χ4n) is 4.17. The lowest BCUT2D eigenvalue weighted by atomic mass is 9.97. The number of pyridine rings is 1. The van der Waals surface area contributed by atoms with Gasteiger partial charge in [-0.2, -0.15) is 0 Å². The Morgan fingerprint density at radius 3 is 2.65 bits per heavy atom. The van der Waals surface area contributed by atoms with E-state index in [2.05, 4.69) is 37.9 Å². The van der Waals surface area contributed by atoms with E-state index in [0.29, 0.717) is 6.04 Å². The zero-order valence-corrected chi connectivity index (χ0v) is 14.9.